The van der Waals surface area contributed by atoms with Crippen LogP contribution in [0.2, 0.25) is 0 Å². The van der Waals surface area contributed by atoms with E-state index in [1.807, 2.05) is 17.8 Å². The zero-order valence-electron chi connectivity index (χ0n) is 8.16. The van der Waals surface area contributed by atoms with Crippen LogP contribution in [-0.4, -0.2) is 22.9 Å². The lowest BCUT2D eigenvalue weighted by Gasteiger charge is -2.05. The van der Waals surface area contributed by atoms with Crippen LogP contribution in [0.15, 0.2) is 12.3 Å². The smallest absolute Gasteiger partial charge is 0.123 e. The van der Waals surface area contributed by atoms with Gasteiger partial charge in [-0.05, 0) is 19.4 Å². The van der Waals surface area contributed by atoms with Crippen LogP contribution in [0.3, 0.4) is 0 Å². The number of hydrogen-bond donors (Lipinski definition) is 2. The largest absolute Gasteiger partial charge is 0.370 e. The Morgan fingerprint density at radius 1 is 1.46 bits per heavy atom. The number of aromatic nitrogens is 2. The minimum absolute atomic E-state index is 0.797. The highest BCUT2D eigenvalue weighted by Gasteiger charge is 1.95. The highest BCUT2D eigenvalue weighted by atomic mass is 15.3. The van der Waals surface area contributed by atoms with Gasteiger partial charge >= 0.3 is 0 Å². The zero-order chi connectivity index (χ0) is 9.52. The van der Waals surface area contributed by atoms with Crippen molar-refractivity contribution in [3.8, 4) is 0 Å². The van der Waals surface area contributed by atoms with E-state index in [4.69, 9.17) is 5.73 Å². The Kier molecular flexibility index (Phi) is 4.32. The highest BCUT2D eigenvalue weighted by Crippen LogP contribution is 2.03. The lowest BCUT2D eigenvalue weighted by molar-refractivity contribution is 0.699. The summed E-state index contributed by atoms with van der Waals surface area (Å²) in [5.41, 5.74) is 5.39. The summed E-state index contributed by atoms with van der Waals surface area (Å²) in [4.78, 5) is 0. The molecule has 1 rings (SSSR count). The molecule has 0 radical (unpaired) electrons. The second-order valence-corrected chi connectivity index (χ2v) is 3.12. The summed E-state index contributed by atoms with van der Waals surface area (Å²) in [6.07, 6.45) is 5.28. The Balaban J connectivity index is 2.10. The van der Waals surface area contributed by atoms with Gasteiger partial charge in [-0.25, -0.2) is 0 Å². The van der Waals surface area contributed by atoms with E-state index < -0.39 is 0 Å². The number of nitrogens with two attached hydrogens (primary N) is 1. The summed E-state index contributed by atoms with van der Waals surface area (Å²) < 4.78 is 1.84. The Morgan fingerprint density at radius 3 is 2.92 bits per heavy atom. The third kappa shape index (κ3) is 3.46. The minimum atomic E-state index is 0.797. The van der Waals surface area contributed by atoms with Gasteiger partial charge in [0, 0.05) is 19.7 Å². The third-order valence-electron chi connectivity index (χ3n) is 2.01. The van der Waals surface area contributed by atoms with Gasteiger partial charge in [0.2, 0.25) is 0 Å². The molecule has 0 amide bonds. The first-order chi connectivity index (χ1) is 6.34. The lowest BCUT2D eigenvalue weighted by atomic mass is 10.2. The molecule has 0 saturated carbocycles. The summed E-state index contributed by atoms with van der Waals surface area (Å²) >= 11 is 0. The minimum Gasteiger partial charge on any atom is -0.370 e. The van der Waals surface area contributed by atoms with Gasteiger partial charge in [0.1, 0.15) is 5.82 Å². The van der Waals surface area contributed by atoms with Crippen LogP contribution < -0.4 is 11.1 Å². The van der Waals surface area contributed by atoms with Crippen molar-refractivity contribution in [1.29, 1.82) is 0 Å². The van der Waals surface area contributed by atoms with Gasteiger partial charge in [0.25, 0.3) is 0 Å². The van der Waals surface area contributed by atoms with Gasteiger partial charge in [-0.15, -0.1) is 0 Å². The van der Waals surface area contributed by atoms with Crippen LogP contribution in [0.1, 0.15) is 19.3 Å². The predicted octanol–water partition coefficient (Wildman–Crippen LogP) is 0.961. The molecule has 0 atom stereocenters. The molecule has 3 N–H and O–H groups in total. The number of aryl methyl sites for hydroxylation is 1. The molecule has 1 aromatic rings. The maximum absolute atomic E-state index is 5.39. The van der Waals surface area contributed by atoms with Crippen molar-refractivity contribution in [2.45, 2.75) is 19.3 Å². The monoisotopic (exact) mass is 182 g/mol. The summed E-state index contributed by atoms with van der Waals surface area (Å²) in [6.45, 7) is 1.80. The van der Waals surface area contributed by atoms with E-state index in [2.05, 4.69) is 10.4 Å². The Labute approximate surface area is 79.1 Å². The quantitative estimate of drug-likeness (QED) is 0.644. The lowest BCUT2D eigenvalue weighted by Crippen LogP contribution is -2.07. The van der Waals surface area contributed by atoms with Gasteiger partial charge in [0.05, 0.1) is 6.20 Å². The molecular formula is C9H18N4. The van der Waals surface area contributed by atoms with Gasteiger partial charge in [-0.3, -0.25) is 4.68 Å². The average molecular weight is 182 g/mol. The molecular weight excluding hydrogens is 164 g/mol. The maximum Gasteiger partial charge on any atom is 0.123 e. The molecule has 0 aliphatic heterocycles. The molecule has 4 heteroatoms. The molecule has 0 saturated heterocycles. The van der Waals surface area contributed by atoms with Crippen molar-refractivity contribution < 1.29 is 0 Å². The molecule has 0 aromatic carbocycles. The molecule has 4 nitrogen and oxygen atoms in total. The number of unbranched alkanes of at least 4 members (excludes halogenated alkanes) is 2. The third-order valence-corrected chi connectivity index (χ3v) is 2.01. The molecule has 0 bridgehead atoms. The second kappa shape index (κ2) is 5.59. The van der Waals surface area contributed by atoms with E-state index in [0.29, 0.717) is 0 Å². The average Bonchev–Trinajstić information content (AvgIpc) is 2.52. The Hall–Kier alpha value is -1.03. The summed E-state index contributed by atoms with van der Waals surface area (Å²) in [5, 5.41) is 7.38. The van der Waals surface area contributed by atoms with Gasteiger partial charge in [-0.1, -0.05) is 6.42 Å². The van der Waals surface area contributed by atoms with Crippen LogP contribution in [-0.2, 0) is 7.05 Å². The van der Waals surface area contributed by atoms with Gasteiger partial charge in [0.15, 0.2) is 0 Å². The van der Waals surface area contributed by atoms with Crippen LogP contribution in [0.4, 0.5) is 5.82 Å². The number of rotatable bonds is 6. The Morgan fingerprint density at radius 2 is 2.31 bits per heavy atom. The fourth-order valence-electron chi connectivity index (χ4n) is 1.21. The molecule has 0 fully saturated rings. The van der Waals surface area contributed by atoms with E-state index in [-0.39, 0.29) is 0 Å². The highest BCUT2D eigenvalue weighted by molar-refractivity contribution is 5.32. The van der Waals surface area contributed by atoms with Crippen molar-refractivity contribution in [1.82, 2.24) is 9.78 Å². The Bertz CT molecular complexity index is 231. The summed E-state index contributed by atoms with van der Waals surface area (Å²) in [6, 6.07) is 1.98. The van der Waals surface area contributed by atoms with Gasteiger partial charge in [-0.2, -0.15) is 5.10 Å². The normalized spacial score (nSPS) is 10.3. The zero-order valence-corrected chi connectivity index (χ0v) is 8.16. The number of nitrogens with one attached hydrogen (secondary N) is 1. The van der Waals surface area contributed by atoms with Crippen molar-refractivity contribution in [2.24, 2.45) is 12.8 Å². The van der Waals surface area contributed by atoms with Crippen molar-refractivity contribution in [3.63, 3.8) is 0 Å². The van der Waals surface area contributed by atoms with E-state index in [9.17, 15) is 0 Å². The van der Waals surface area contributed by atoms with E-state index >= 15 is 0 Å². The SMILES string of the molecule is Cn1nccc1NCCCCCN. The molecule has 0 aliphatic rings. The first kappa shape index (κ1) is 10.1. The predicted molar refractivity (Wildman–Crippen MR) is 54.6 cm³/mol. The van der Waals surface area contributed by atoms with E-state index in [0.717, 1.165) is 25.3 Å². The standard InChI is InChI=1S/C9H18N4/c1-13-9(5-8-12-13)11-7-4-2-3-6-10/h5,8,11H,2-4,6-7,10H2,1H3. The van der Waals surface area contributed by atoms with Crippen molar-refractivity contribution >= 4 is 5.82 Å². The first-order valence-electron chi connectivity index (χ1n) is 4.76. The first-order valence-corrected chi connectivity index (χ1v) is 4.76. The molecule has 0 spiro atoms. The second-order valence-electron chi connectivity index (χ2n) is 3.12. The van der Waals surface area contributed by atoms with Gasteiger partial charge < -0.3 is 11.1 Å². The molecule has 0 aliphatic carbocycles. The number of nitrogens with zero attached hydrogens (tertiary/aromatic N) is 2. The van der Waals surface area contributed by atoms with Crippen molar-refractivity contribution in [3.05, 3.63) is 12.3 Å². The summed E-state index contributed by atoms with van der Waals surface area (Å²) in [5.74, 6) is 1.08. The molecule has 13 heavy (non-hydrogen) atoms. The molecule has 1 aromatic heterocycles. The van der Waals surface area contributed by atoms with E-state index in [1.165, 1.54) is 12.8 Å². The number of anilines is 1. The summed E-state index contributed by atoms with van der Waals surface area (Å²) in [7, 11) is 1.93. The molecule has 0 unspecified atom stereocenters. The molecule has 1 heterocycles. The molecule has 74 valence electrons. The van der Waals surface area contributed by atoms with E-state index in [1.54, 1.807) is 6.20 Å². The van der Waals surface area contributed by atoms with Crippen LogP contribution >= 0.6 is 0 Å². The van der Waals surface area contributed by atoms with Crippen molar-refractivity contribution in [2.75, 3.05) is 18.4 Å². The fourth-order valence-corrected chi connectivity index (χ4v) is 1.21. The topological polar surface area (TPSA) is 55.9 Å². The number of hydrogen-bond acceptors (Lipinski definition) is 3. The fraction of sp³-hybridized carbons (Fsp3) is 0.667. The maximum atomic E-state index is 5.39. The van der Waals surface area contributed by atoms with Crippen LogP contribution in [0, 0.1) is 0 Å². The van der Waals surface area contributed by atoms with Crippen LogP contribution in [0.25, 0.3) is 0 Å². The van der Waals surface area contributed by atoms with Crippen LogP contribution in [0.5, 0.6) is 0 Å².